The molecule has 0 amide bonds. The van der Waals surface area contributed by atoms with E-state index >= 15 is 4.39 Å². The summed E-state index contributed by atoms with van der Waals surface area (Å²) in [4.78, 5) is 20.7. The highest BCUT2D eigenvalue weighted by atomic mass is 32.2. The average Bonchev–Trinajstić information content (AvgIpc) is 3.56. The number of rotatable bonds is 8. The summed E-state index contributed by atoms with van der Waals surface area (Å²) in [6.07, 6.45) is 9.14. The largest absolute Gasteiger partial charge is 0.382 e. The lowest BCUT2D eigenvalue weighted by atomic mass is 10.0. The molecule has 0 spiro atoms. The first-order chi connectivity index (χ1) is 20.1. The smallest absolute Gasteiger partial charge is 0.161 e. The Balaban J connectivity index is 1.43. The summed E-state index contributed by atoms with van der Waals surface area (Å²) in [5, 5.41) is 10.6. The van der Waals surface area contributed by atoms with Crippen molar-refractivity contribution >= 4 is 37.5 Å². The molecule has 3 N–H and O–H groups in total. The van der Waals surface area contributed by atoms with Crippen LogP contribution in [0.15, 0.2) is 55.2 Å². The van der Waals surface area contributed by atoms with Gasteiger partial charge >= 0.3 is 0 Å². The quantitative estimate of drug-likeness (QED) is 0.217. The maximum Gasteiger partial charge on any atom is 0.161 e. The van der Waals surface area contributed by atoms with E-state index in [0.717, 1.165) is 11.9 Å². The lowest BCUT2D eigenvalue weighted by molar-refractivity contribution is 0.600. The molecule has 0 radical (unpaired) electrons. The first-order valence-electron chi connectivity index (χ1n) is 13.1. The zero-order valence-electron chi connectivity index (χ0n) is 22.9. The van der Waals surface area contributed by atoms with Crippen molar-refractivity contribution in [3.8, 4) is 33.9 Å². The average molecular weight is 589 g/mol. The van der Waals surface area contributed by atoms with Gasteiger partial charge in [-0.2, -0.15) is 5.10 Å². The van der Waals surface area contributed by atoms with E-state index in [0.29, 0.717) is 38.8 Å². The summed E-state index contributed by atoms with van der Waals surface area (Å²) in [6.45, 7) is 3.99. The number of nitrogens with zero attached hydrogens (tertiary/aromatic N) is 5. The van der Waals surface area contributed by atoms with Gasteiger partial charge in [-0.25, -0.2) is 22.2 Å². The van der Waals surface area contributed by atoms with Crippen LogP contribution in [0.25, 0.3) is 55.8 Å². The number of fused-ring (bicyclic) bond motifs is 2. The van der Waals surface area contributed by atoms with Crippen LogP contribution in [0, 0.1) is 11.6 Å². The van der Waals surface area contributed by atoms with Gasteiger partial charge in [-0.05, 0) is 49.6 Å². The highest BCUT2D eigenvalue weighted by Gasteiger charge is 2.22. The number of hydrogen-bond donors (Lipinski definition) is 3. The normalized spacial score (nSPS) is 12.0. The van der Waals surface area contributed by atoms with Crippen LogP contribution in [-0.2, 0) is 16.3 Å². The van der Waals surface area contributed by atoms with E-state index in [9.17, 15) is 12.8 Å². The van der Waals surface area contributed by atoms with E-state index in [4.69, 9.17) is 4.98 Å². The van der Waals surface area contributed by atoms with Gasteiger partial charge < -0.3 is 10.3 Å². The number of nitrogens with one attached hydrogen (secondary N) is 3. The Bertz CT molecular complexity index is 2070. The highest BCUT2D eigenvalue weighted by Crippen LogP contribution is 2.35. The summed E-state index contributed by atoms with van der Waals surface area (Å²) in [5.74, 6) is -0.914. The molecule has 0 aliphatic carbocycles. The maximum absolute atomic E-state index is 16.1. The molecule has 0 fully saturated rings. The number of imidazole rings is 1. The van der Waals surface area contributed by atoms with Gasteiger partial charge in [0, 0.05) is 42.0 Å². The van der Waals surface area contributed by atoms with E-state index in [1.54, 1.807) is 36.9 Å². The Hall–Kier alpha value is -4.78. The molecule has 1 aromatic carbocycles. The molecule has 5 aromatic heterocycles. The molecule has 0 atom stereocenters. The SMILES string of the molecule is CC(C)Nc1cncc(-c2ncc3[nH]nc(-c4nc5c(-c6cc(F)cc(CCS(C)(=O)=O)c6)cncc5[nH]4)c3c2F)c1. The number of anilines is 1. The summed E-state index contributed by atoms with van der Waals surface area (Å²) in [7, 11) is -3.22. The minimum Gasteiger partial charge on any atom is -0.382 e. The molecule has 0 saturated carbocycles. The molecule has 0 aliphatic heterocycles. The zero-order valence-corrected chi connectivity index (χ0v) is 23.7. The Morgan fingerprint density at radius 3 is 2.52 bits per heavy atom. The fourth-order valence-electron chi connectivity index (χ4n) is 4.84. The van der Waals surface area contributed by atoms with E-state index in [-0.39, 0.29) is 40.8 Å². The van der Waals surface area contributed by atoms with E-state index in [1.165, 1.54) is 18.3 Å². The van der Waals surface area contributed by atoms with Crippen molar-refractivity contribution in [1.29, 1.82) is 0 Å². The van der Waals surface area contributed by atoms with Gasteiger partial charge in [0.25, 0.3) is 0 Å². The number of pyridine rings is 3. The number of hydrogen-bond acceptors (Lipinski definition) is 8. The molecule has 6 rings (SSSR count). The molecule has 10 nitrogen and oxygen atoms in total. The molecular weight excluding hydrogens is 562 g/mol. The van der Waals surface area contributed by atoms with Gasteiger partial charge in [0.1, 0.15) is 27.0 Å². The van der Waals surface area contributed by atoms with Crippen LogP contribution >= 0.6 is 0 Å². The van der Waals surface area contributed by atoms with Crippen LogP contribution in [0.1, 0.15) is 19.4 Å². The number of H-pyrrole nitrogens is 2. The van der Waals surface area contributed by atoms with Gasteiger partial charge in [-0.1, -0.05) is 6.07 Å². The molecule has 42 heavy (non-hydrogen) atoms. The lowest BCUT2D eigenvalue weighted by Crippen LogP contribution is -2.09. The Kier molecular flexibility index (Phi) is 6.89. The van der Waals surface area contributed by atoms with Crippen molar-refractivity contribution in [3.63, 3.8) is 0 Å². The van der Waals surface area contributed by atoms with Crippen LogP contribution in [0.2, 0.25) is 0 Å². The Morgan fingerprint density at radius 1 is 0.929 bits per heavy atom. The predicted octanol–water partition coefficient (Wildman–Crippen LogP) is 5.31. The molecule has 0 bridgehead atoms. The first kappa shape index (κ1) is 27.4. The Labute approximate surface area is 239 Å². The molecule has 0 aliphatic rings. The van der Waals surface area contributed by atoms with Crippen molar-refractivity contribution in [2.45, 2.75) is 26.3 Å². The highest BCUT2D eigenvalue weighted by molar-refractivity contribution is 7.90. The number of benzene rings is 1. The first-order valence-corrected chi connectivity index (χ1v) is 15.2. The summed E-state index contributed by atoms with van der Waals surface area (Å²) in [6, 6.07) is 6.32. The molecule has 5 heterocycles. The van der Waals surface area contributed by atoms with Crippen molar-refractivity contribution in [2.24, 2.45) is 0 Å². The second kappa shape index (κ2) is 10.6. The van der Waals surface area contributed by atoms with Crippen LogP contribution in [0.3, 0.4) is 0 Å². The van der Waals surface area contributed by atoms with E-state index in [2.05, 4.69) is 35.5 Å². The molecule has 214 valence electrons. The second-order valence-corrected chi connectivity index (χ2v) is 12.7. The van der Waals surface area contributed by atoms with E-state index in [1.807, 2.05) is 13.8 Å². The van der Waals surface area contributed by atoms with Gasteiger partial charge in [-0.3, -0.25) is 20.1 Å². The minimum atomic E-state index is -3.22. The topological polar surface area (TPSA) is 142 Å². The van der Waals surface area contributed by atoms with Crippen molar-refractivity contribution in [1.82, 2.24) is 35.1 Å². The van der Waals surface area contributed by atoms with Crippen LogP contribution in [-0.4, -0.2) is 61.6 Å². The molecule has 0 unspecified atom stereocenters. The summed E-state index contributed by atoms with van der Waals surface area (Å²) in [5.41, 5.74) is 4.54. The lowest BCUT2D eigenvalue weighted by Gasteiger charge is -2.11. The monoisotopic (exact) mass is 588 g/mol. The van der Waals surface area contributed by atoms with Crippen LogP contribution < -0.4 is 5.32 Å². The third kappa shape index (κ3) is 5.42. The van der Waals surface area contributed by atoms with Gasteiger partial charge in [-0.15, -0.1) is 0 Å². The number of sulfone groups is 1. The third-order valence-corrected chi connectivity index (χ3v) is 7.61. The maximum atomic E-state index is 16.1. The fraction of sp³-hybridized carbons (Fsp3) is 0.207. The number of halogens is 2. The standard InChI is InChI=1S/C29H26F2N8O2S/c1-15(2)35-20-9-18(10-32-11-20)26-25(31)24-22(14-34-26)38-39-28(24)29-36-23-13-33-12-21(27(23)37-29)17-6-16(7-19(30)8-17)4-5-42(3,40)41/h6-15,35H,4-5H2,1-3H3,(H,36,37)(H,38,39). The Morgan fingerprint density at radius 2 is 1.74 bits per heavy atom. The molecular formula is C29H26F2N8O2S. The molecule has 6 aromatic rings. The van der Waals surface area contributed by atoms with Crippen molar-refractivity contribution < 1.29 is 17.2 Å². The fourth-order valence-corrected chi connectivity index (χ4v) is 5.45. The predicted molar refractivity (Wildman–Crippen MR) is 158 cm³/mol. The molecule has 13 heteroatoms. The van der Waals surface area contributed by atoms with Crippen LogP contribution in [0.5, 0.6) is 0 Å². The zero-order chi connectivity index (χ0) is 29.6. The van der Waals surface area contributed by atoms with Gasteiger partial charge in [0.15, 0.2) is 11.6 Å². The second-order valence-electron chi connectivity index (χ2n) is 10.4. The third-order valence-electron chi connectivity index (χ3n) is 6.66. The van der Waals surface area contributed by atoms with Crippen molar-refractivity contribution in [2.75, 3.05) is 17.3 Å². The van der Waals surface area contributed by atoms with E-state index < -0.39 is 21.5 Å². The molecule has 0 saturated heterocycles. The summed E-state index contributed by atoms with van der Waals surface area (Å²) >= 11 is 0. The minimum absolute atomic E-state index is 0.103. The van der Waals surface area contributed by atoms with Crippen molar-refractivity contribution in [3.05, 3.63) is 72.4 Å². The number of aryl methyl sites for hydroxylation is 1. The number of aromatic nitrogens is 7. The summed E-state index contributed by atoms with van der Waals surface area (Å²) < 4.78 is 53.9. The van der Waals surface area contributed by atoms with Gasteiger partial charge in [0.05, 0.1) is 45.8 Å². The van der Waals surface area contributed by atoms with Gasteiger partial charge in [0.2, 0.25) is 0 Å². The number of aromatic amines is 2. The van der Waals surface area contributed by atoms with Crippen LogP contribution in [0.4, 0.5) is 14.5 Å².